The van der Waals surface area contributed by atoms with Crippen molar-refractivity contribution in [3.63, 3.8) is 0 Å². The molecule has 2 aromatic heterocycles. The molecule has 0 saturated heterocycles. The first kappa shape index (κ1) is 13.8. The van der Waals surface area contributed by atoms with Crippen molar-refractivity contribution in [3.8, 4) is 11.5 Å². The fourth-order valence-electron chi connectivity index (χ4n) is 2.10. The quantitative estimate of drug-likeness (QED) is 0.740. The van der Waals surface area contributed by atoms with Gasteiger partial charge >= 0.3 is 0 Å². The average molecular weight is 303 g/mol. The van der Waals surface area contributed by atoms with Gasteiger partial charge in [-0.2, -0.15) is 5.10 Å². The minimum atomic E-state index is 0.510. The Morgan fingerprint density at radius 1 is 1.19 bits per heavy atom. The van der Waals surface area contributed by atoms with Gasteiger partial charge in [0.25, 0.3) is 5.89 Å². The standard InChI is InChI=1S/C15H15ClN4O/c1-3-20-9-13(10(2)19-20)15-18-17-14(21-15)8-11-4-6-12(16)7-5-11/h4-7,9H,3,8H2,1-2H3. The summed E-state index contributed by atoms with van der Waals surface area (Å²) in [7, 11) is 0. The Kier molecular flexibility index (Phi) is 3.75. The number of benzene rings is 1. The van der Waals surface area contributed by atoms with Crippen molar-refractivity contribution in [2.24, 2.45) is 0 Å². The first-order chi connectivity index (χ1) is 10.2. The lowest BCUT2D eigenvalue weighted by atomic mass is 10.1. The van der Waals surface area contributed by atoms with Gasteiger partial charge in [0.05, 0.1) is 17.7 Å². The van der Waals surface area contributed by atoms with E-state index in [0.29, 0.717) is 23.2 Å². The zero-order valence-electron chi connectivity index (χ0n) is 11.9. The van der Waals surface area contributed by atoms with Crippen molar-refractivity contribution in [1.82, 2.24) is 20.0 Å². The van der Waals surface area contributed by atoms with Crippen molar-refractivity contribution < 1.29 is 4.42 Å². The predicted octanol–water partition coefficient (Wildman–Crippen LogP) is 3.51. The van der Waals surface area contributed by atoms with Gasteiger partial charge in [-0.3, -0.25) is 4.68 Å². The number of hydrogen-bond donors (Lipinski definition) is 0. The summed E-state index contributed by atoms with van der Waals surface area (Å²) in [6.07, 6.45) is 2.51. The molecule has 0 spiro atoms. The summed E-state index contributed by atoms with van der Waals surface area (Å²) in [5.41, 5.74) is 2.85. The normalized spacial score (nSPS) is 11.0. The van der Waals surface area contributed by atoms with Crippen LogP contribution >= 0.6 is 11.6 Å². The van der Waals surface area contributed by atoms with Crippen LogP contribution in [0, 0.1) is 6.92 Å². The van der Waals surface area contributed by atoms with Crippen LogP contribution in [0.3, 0.4) is 0 Å². The van der Waals surface area contributed by atoms with Crippen LogP contribution in [0.2, 0.25) is 5.02 Å². The summed E-state index contributed by atoms with van der Waals surface area (Å²) in [6, 6.07) is 7.60. The van der Waals surface area contributed by atoms with Crippen LogP contribution in [0.25, 0.3) is 11.5 Å². The summed E-state index contributed by atoms with van der Waals surface area (Å²) in [5.74, 6) is 1.09. The lowest BCUT2D eigenvalue weighted by Crippen LogP contribution is -1.93. The van der Waals surface area contributed by atoms with E-state index >= 15 is 0 Å². The topological polar surface area (TPSA) is 56.7 Å². The molecule has 21 heavy (non-hydrogen) atoms. The van der Waals surface area contributed by atoms with E-state index in [1.54, 1.807) is 0 Å². The number of halogens is 1. The molecule has 0 atom stereocenters. The molecule has 0 aliphatic carbocycles. The fraction of sp³-hybridized carbons (Fsp3) is 0.267. The Bertz CT molecular complexity index is 745. The molecule has 0 amide bonds. The van der Waals surface area contributed by atoms with E-state index in [1.807, 2.05) is 49.0 Å². The molecule has 0 radical (unpaired) electrons. The maximum absolute atomic E-state index is 5.87. The number of nitrogens with zero attached hydrogens (tertiary/aromatic N) is 4. The van der Waals surface area contributed by atoms with Crippen LogP contribution in [0.15, 0.2) is 34.9 Å². The summed E-state index contributed by atoms with van der Waals surface area (Å²) in [6.45, 7) is 4.78. The van der Waals surface area contributed by atoms with Crippen molar-refractivity contribution in [2.75, 3.05) is 0 Å². The smallest absolute Gasteiger partial charge is 0.251 e. The molecular formula is C15H15ClN4O. The number of rotatable bonds is 4. The van der Waals surface area contributed by atoms with Crippen molar-refractivity contribution in [2.45, 2.75) is 26.8 Å². The van der Waals surface area contributed by atoms with Gasteiger partial charge in [-0.05, 0) is 31.5 Å². The summed E-state index contributed by atoms with van der Waals surface area (Å²) in [5, 5.41) is 13.3. The first-order valence-electron chi connectivity index (χ1n) is 6.77. The second-order valence-electron chi connectivity index (χ2n) is 4.79. The van der Waals surface area contributed by atoms with Crippen LogP contribution in [-0.2, 0) is 13.0 Å². The summed E-state index contributed by atoms with van der Waals surface area (Å²) < 4.78 is 7.59. The Hall–Kier alpha value is -2.14. The van der Waals surface area contributed by atoms with Gasteiger partial charge in [0.2, 0.25) is 5.89 Å². The monoisotopic (exact) mass is 302 g/mol. The second kappa shape index (κ2) is 5.69. The van der Waals surface area contributed by atoms with Gasteiger partial charge in [-0.25, -0.2) is 0 Å². The summed E-state index contributed by atoms with van der Waals surface area (Å²) >= 11 is 5.87. The lowest BCUT2D eigenvalue weighted by Gasteiger charge is -1.96. The van der Waals surface area contributed by atoms with Gasteiger partial charge in [0.1, 0.15) is 0 Å². The van der Waals surface area contributed by atoms with Crippen LogP contribution in [-0.4, -0.2) is 20.0 Å². The highest BCUT2D eigenvalue weighted by molar-refractivity contribution is 6.30. The third kappa shape index (κ3) is 2.97. The lowest BCUT2D eigenvalue weighted by molar-refractivity contribution is 0.517. The fourth-order valence-corrected chi connectivity index (χ4v) is 2.23. The molecule has 5 nitrogen and oxygen atoms in total. The van der Waals surface area contributed by atoms with E-state index in [1.165, 1.54) is 0 Å². The van der Waals surface area contributed by atoms with E-state index in [4.69, 9.17) is 16.0 Å². The molecule has 0 fully saturated rings. The molecule has 0 unspecified atom stereocenters. The molecule has 3 rings (SSSR count). The Labute approximate surface area is 127 Å². The number of aryl methyl sites for hydroxylation is 2. The van der Waals surface area contributed by atoms with E-state index in [-0.39, 0.29) is 0 Å². The first-order valence-corrected chi connectivity index (χ1v) is 7.14. The second-order valence-corrected chi connectivity index (χ2v) is 5.22. The Morgan fingerprint density at radius 3 is 2.62 bits per heavy atom. The van der Waals surface area contributed by atoms with Gasteiger partial charge in [0, 0.05) is 17.8 Å². The van der Waals surface area contributed by atoms with Crippen LogP contribution in [0.5, 0.6) is 0 Å². The maximum Gasteiger partial charge on any atom is 0.251 e. The molecule has 1 aromatic carbocycles. The minimum Gasteiger partial charge on any atom is -0.420 e. The van der Waals surface area contributed by atoms with E-state index in [9.17, 15) is 0 Å². The molecule has 0 N–H and O–H groups in total. The van der Waals surface area contributed by atoms with Crippen molar-refractivity contribution in [1.29, 1.82) is 0 Å². The zero-order chi connectivity index (χ0) is 14.8. The van der Waals surface area contributed by atoms with Crippen molar-refractivity contribution in [3.05, 3.63) is 52.6 Å². The molecule has 0 aliphatic rings. The zero-order valence-corrected chi connectivity index (χ0v) is 12.6. The van der Waals surface area contributed by atoms with Gasteiger partial charge in [-0.15, -0.1) is 10.2 Å². The molecule has 108 valence electrons. The average Bonchev–Trinajstić information content (AvgIpc) is 3.07. The SMILES string of the molecule is CCn1cc(-c2nnc(Cc3ccc(Cl)cc3)o2)c(C)n1. The molecular weight excluding hydrogens is 288 g/mol. The molecule has 0 aliphatic heterocycles. The Morgan fingerprint density at radius 2 is 1.95 bits per heavy atom. The van der Waals surface area contributed by atoms with E-state index < -0.39 is 0 Å². The van der Waals surface area contributed by atoms with E-state index in [0.717, 1.165) is 23.4 Å². The third-order valence-electron chi connectivity index (χ3n) is 3.24. The van der Waals surface area contributed by atoms with Gasteiger partial charge in [-0.1, -0.05) is 23.7 Å². The van der Waals surface area contributed by atoms with Crippen LogP contribution in [0.4, 0.5) is 0 Å². The molecule has 0 bridgehead atoms. The molecule has 3 aromatic rings. The molecule has 6 heteroatoms. The number of hydrogen-bond acceptors (Lipinski definition) is 4. The van der Waals surface area contributed by atoms with Crippen LogP contribution in [0.1, 0.15) is 24.1 Å². The molecule has 2 heterocycles. The minimum absolute atomic E-state index is 0.510. The highest BCUT2D eigenvalue weighted by Crippen LogP contribution is 2.22. The van der Waals surface area contributed by atoms with E-state index in [2.05, 4.69) is 15.3 Å². The summed E-state index contributed by atoms with van der Waals surface area (Å²) in [4.78, 5) is 0. The molecule has 0 saturated carbocycles. The van der Waals surface area contributed by atoms with Gasteiger partial charge in [0.15, 0.2) is 0 Å². The Balaban J connectivity index is 1.82. The van der Waals surface area contributed by atoms with Gasteiger partial charge < -0.3 is 4.42 Å². The number of aromatic nitrogens is 4. The van der Waals surface area contributed by atoms with Crippen molar-refractivity contribution >= 4 is 11.6 Å². The largest absolute Gasteiger partial charge is 0.420 e. The highest BCUT2D eigenvalue weighted by Gasteiger charge is 2.14. The third-order valence-corrected chi connectivity index (χ3v) is 3.49. The van der Waals surface area contributed by atoms with Crippen LogP contribution < -0.4 is 0 Å². The predicted molar refractivity (Wildman–Crippen MR) is 80.2 cm³/mol. The highest BCUT2D eigenvalue weighted by atomic mass is 35.5. The maximum atomic E-state index is 5.87.